The van der Waals surface area contributed by atoms with Gasteiger partial charge in [0.2, 0.25) is 0 Å². The molecule has 12 heavy (non-hydrogen) atoms. The fourth-order valence-corrected chi connectivity index (χ4v) is 1.96. The van der Waals surface area contributed by atoms with Crippen molar-refractivity contribution in [3.63, 3.8) is 0 Å². The van der Waals surface area contributed by atoms with Gasteiger partial charge < -0.3 is 10.2 Å². The number of aliphatic hydroxyl groups excluding tert-OH is 2. The van der Waals surface area contributed by atoms with Crippen LogP contribution in [-0.2, 0) is 0 Å². The topological polar surface area (TPSA) is 43.7 Å². The Kier molecular flexibility index (Phi) is 3.50. The number of likely N-dealkylation sites (tertiary alicyclic amines) is 1. The Hall–Kier alpha value is -0.120. The molecule has 0 bridgehead atoms. The first-order valence-electron chi connectivity index (χ1n) is 4.75. The van der Waals surface area contributed by atoms with E-state index in [1.165, 1.54) is 6.42 Å². The average molecular weight is 173 g/mol. The molecule has 0 saturated carbocycles. The van der Waals surface area contributed by atoms with E-state index in [4.69, 9.17) is 0 Å². The maximum Gasteiger partial charge on any atom is 0.104 e. The molecule has 1 saturated heterocycles. The van der Waals surface area contributed by atoms with Crippen molar-refractivity contribution in [1.82, 2.24) is 4.90 Å². The minimum Gasteiger partial charge on any atom is -0.392 e. The number of hydrogen-bond acceptors (Lipinski definition) is 3. The van der Waals surface area contributed by atoms with Gasteiger partial charge in [-0.15, -0.1) is 0 Å². The van der Waals surface area contributed by atoms with Crippen molar-refractivity contribution in [2.45, 2.75) is 51.5 Å². The standard InChI is InChI=1S/C9H19NO2/c1-7(11)9-5-3-4-6-10(9)8(2)12/h7-9,11-12H,3-6H2,1-2H3. The predicted molar refractivity (Wildman–Crippen MR) is 47.7 cm³/mol. The molecule has 0 amide bonds. The Balaban J connectivity index is 2.54. The van der Waals surface area contributed by atoms with Gasteiger partial charge in [-0.05, 0) is 26.7 Å². The molecule has 0 aromatic carbocycles. The molecule has 3 nitrogen and oxygen atoms in total. The molecule has 0 aromatic rings. The van der Waals surface area contributed by atoms with E-state index in [0.717, 1.165) is 19.4 Å². The third-order valence-corrected chi connectivity index (χ3v) is 2.63. The van der Waals surface area contributed by atoms with E-state index in [1.807, 2.05) is 4.90 Å². The van der Waals surface area contributed by atoms with Crippen molar-refractivity contribution in [2.75, 3.05) is 6.54 Å². The molecule has 1 fully saturated rings. The molecular weight excluding hydrogens is 154 g/mol. The summed E-state index contributed by atoms with van der Waals surface area (Å²) in [6.07, 6.45) is 2.54. The molecule has 1 heterocycles. The number of rotatable bonds is 2. The molecule has 0 spiro atoms. The van der Waals surface area contributed by atoms with Crippen molar-refractivity contribution in [3.05, 3.63) is 0 Å². The lowest BCUT2D eigenvalue weighted by molar-refractivity contribution is -0.0641. The van der Waals surface area contributed by atoms with Gasteiger partial charge in [0.05, 0.1) is 6.10 Å². The van der Waals surface area contributed by atoms with Crippen LogP contribution in [-0.4, -0.2) is 40.0 Å². The SMILES string of the molecule is CC(O)C1CCCCN1C(C)O. The zero-order valence-electron chi connectivity index (χ0n) is 7.90. The Morgan fingerprint density at radius 1 is 1.25 bits per heavy atom. The van der Waals surface area contributed by atoms with Crippen LogP contribution >= 0.6 is 0 Å². The second-order valence-corrected chi connectivity index (χ2v) is 3.67. The highest BCUT2D eigenvalue weighted by Crippen LogP contribution is 2.20. The molecule has 0 aliphatic carbocycles. The lowest BCUT2D eigenvalue weighted by Crippen LogP contribution is -2.49. The minimum atomic E-state index is -0.426. The average Bonchev–Trinajstić information content (AvgIpc) is 2.04. The quantitative estimate of drug-likeness (QED) is 0.641. The van der Waals surface area contributed by atoms with E-state index in [9.17, 15) is 10.2 Å². The van der Waals surface area contributed by atoms with E-state index in [1.54, 1.807) is 13.8 Å². The van der Waals surface area contributed by atoms with Crippen LogP contribution in [0.1, 0.15) is 33.1 Å². The van der Waals surface area contributed by atoms with Gasteiger partial charge in [0.1, 0.15) is 6.23 Å². The molecular formula is C9H19NO2. The van der Waals surface area contributed by atoms with Gasteiger partial charge in [0.15, 0.2) is 0 Å². The molecule has 3 atom stereocenters. The molecule has 0 aromatic heterocycles. The molecule has 1 rings (SSSR count). The number of aliphatic hydroxyl groups is 2. The molecule has 1 aliphatic rings. The van der Waals surface area contributed by atoms with Crippen molar-refractivity contribution >= 4 is 0 Å². The summed E-state index contributed by atoms with van der Waals surface area (Å²) in [4.78, 5) is 1.98. The molecule has 0 radical (unpaired) electrons. The van der Waals surface area contributed by atoms with Crippen LogP contribution in [0.5, 0.6) is 0 Å². The van der Waals surface area contributed by atoms with Gasteiger partial charge in [-0.25, -0.2) is 0 Å². The Morgan fingerprint density at radius 3 is 2.33 bits per heavy atom. The largest absolute Gasteiger partial charge is 0.392 e. The lowest BCUT2D eigenvalue weighted by Gasteiger charge is -2.39. The van der Waals surface area contributed by atoms with Crippen LogP contribution in [0.3, 0.4) is 0 Å². The lowest BCUT2D eigenvalue weighted by atomic mass is 9.98. The fourth-order valence-electron chi connectivity index (χ4n) is 1.96. The second kappa shape index (κ2) is 4.21. The summed E-state index contributed by atoms with van der Waals surface area (Å²) in [6, 6.07) is 0.152. The third-order valence-electron chi connectivity index (χ3n) is 2.63. The van der Waals surface area contributed by atoms with Gasteiger partial charge in [0.25, 0.3) is 0 Å². The van der Waals surface area contributed by atoms with Crippen molar-refractivity contribution < 1.29 is 10.2 Å². The van der Waals surface area contributed by atoms with Crippen molar-refractivity contribution in [3.8, 4) is 0 Å². The first kappa shape index (κ1) is 9.96. The van der Waals surface area contributed by atoms with Gasteiger partial charge in [-0.2, -0.15) is 0 Å². The van der Waals surface area contributed by atoms with Gasteiger partial charge in [-0.1, -0.05) is 6.42 Å². The molecule has 3 unspecified atom stereocenters. The second-order valence-electron chi connectivity index (χ2n) is 3.67. The Labute approximate surface area is 74.0 Å². The van der Waals surface area contributed by atoms with Crippen LogP contribution < -0.4 is 0 Å². The highest BCUT2D eigenvalue weighted by molar-refractivity contribution is 4.81. The summed E-state index contributed by atoms with van der Waals surface area (Å²) in [5.74, 6) is 0. The summed E-state index contributed by atoms with van der Waals surface area (Å²) in [5.41, 5.74) is 0. The molecule has 3 heteroatoms. The summed E-state index contributed by atoms with van der Waals surface area (Å²) >= 11 is 0. The third kappa shape index (κ3) is 2.19. The Bertz CT molecular complexity index is 120. The normalized spacial score (nSPS) is 31.5. The first-order chi connectivity index (χ1) is 5.63. The van der Waals surface area contributed by atoms with Crippen LogP contribution in [0.25, 0.3) is 0 Å². The monoisotopic (exact) mass is 173 g/mol. The number of hydrogen-bond donors (Lipinski definition) is 2. The zero-order chi connectivity index (χ0) is 9.14. The van der Waals surface area contributed by atoms with Crippen molar-refractivity contribution in [2.24, 2.45) is 0 Å². The Morgan fingerprint density at radius 2 is 1.92 bits per heavy atom. The number of nitrogens with zero attached hydrogens (tertiary/aromatic N) is 1. The highest BCUT2D eigenvalue weighted by atomic mass is 16.3. The fraction of sp³-hybridized carbons (Fsp3) is 1.00. The van der Waals surface area contributed by atoms with Gasteiger partial charge >= 0.3 is 0 Å². The zero-order valence-corrected chi connectivity index (χ0v) is 7.90. The molecule has 1 aliphatic heterocycles. The van der Waals surface area contributed by atoms with Crippen LogP contribution in [0.2, 0.25) is 0 Å². The van der Waals surface area contributed by atoms with E-state index in [2.05, 4.69) is 0 Å². The maximum atomic E-state index is 9.44. The van der Waals surface area contributed by atoms with E-state index in [0.29, 0.717) is 0 Å². The van der Waals surface area contributed by atoms with Gasteiger partial charge in [-0.3, -0.25) is 4.90 Å². The molecule has 2 N–H and O–H groups in total. The molecule has 72 valence electrons. The summed E-state index contributed by atoms with van der Waals surface area (Å²) in [6.45, 7) is 4.47. The minimum absolute atomic E-state index is 0.152. The summed E-state index contributed by atoms with van der Waals surface area (Å²) in [7, 11) is 0. The van der Waals surface area contributed by atoms with Gasteiger partial charge in [0, 0.05) is 12.6 Å². The highest BCUT2D eigenvalue weighted by Gasteiger charge is 2.28. The van der Waals surface area contributed by atoms with Crippen LogP contribution in [0.4, 0.5) is 0 Å². The van der Waals surface area contributed by atoms with Crippen LogP contribution in [0, 0.1) is 0 Å². The smallest absolute Gasteiger partial charge is 0.104 e. The summed E-state index contributed by atoms with van der Waals surface area (Å²) in [5, 5.41) is 18.9. The van der Waals surface area contributed by atoms with Crippen LogP contribution in [0.15, 0.2) is 0 Å². The first-order valence-corrected chi connectivity index (χ1v) is 4.75. The summed E-state index contributed by atoms with van der Waals surface area (Å²) < 4.78 is 0. The maximum absolute atomic E-state index is 9.44. The van der Waals surface area contributed by atoms with E-state index >= 15 is 0 Å². The van der Waals surface area contributed by atoms with E-state index < -0.39 is 6.23 Å². The van der Waals surface area contributed by atoms with Crippen molar-refractivity contribution in [1.29, 1.82) is 0 Å². The number of piperidine rings is 1. The van der Waals surface area contributed by atoms with E-state index in [-0.39, 0.29) is 12.1 Å². The predicted octanol–water partition coefficient (Wildman–Crippen LogP) is 0.560.